The van der Waals surface area contributed by atoms with Crippen molar-refractivity contribution in [3.05, 3.63) is 40.0 Å². The van der Waals surface area contributed by atoms with Gasteiger partial charge in [0.25, 0.3) is 5.91 Å². The number of hydrogen-bond donors (Lipinski definition) is 0. The van der Waals surface area contributed by atoms with E-state index in [1.807, 2.05) is 13.8 Å². The Morgan fingerprint density at radius 1 is 1.46 bits per heavy atom. The number of methoxy groups -OCH3 is 1. The maximum Gasteiger partial charge on any atom is 0.290 e. The molecule has 8 heteroatoms. The molecular formula is C16H19N3O5. The standard InChI is InChI=1S/C16H19N3O5/c1-9(2)15-17-14(18-24-15)10-5-4-6-19(10)16(21)12-7-11(20)13(22-3)8-23-12/h7-10H,4-6H2,1-3H3/t10-/m0/s1. The minimum atomic E-state index is -0.399. The number of rotatable bonds is 4. The van der Waals surface area contributed by atoms with Gasteiger partial charge in [-0.1, -0.05) is 19.0 Å². The van der Waals surface area contributed by atoms with Gasteiger partial charge in [-0.15, -0.1) is 0 Å². The Hall–Kier alpha value is -2.64. The fraction of sp³-hybridized carbons (Fsp3) is 0.500. The van der Waals surface area contributed by atoms with Crippen LogP contribution in [-0.2, 0) is 0 Å². The van der Waals surface area contributed by atoms with Crippen molar-refractivity contribution in [2.24, 2.45) is 0 Å². The fourth-order valence-electron chi connectivity index (χ4n) is 2.70. The van der Waals surface area contributed by atoms with E-state index in [-0.39, 0.29) is 29.4 Å². The Labute approximate surface area is 138 Å². The first-order chi connectivity index (χ1) is 11.5. The predicted octanol–water partition coefficient (Wildman–Crippen LogP) is 2.13. The third-order valence-electron chi connectivity index (χ3n) is 3.99. The van der Waals surface area contributed by atoms with Crippen molar-refractivity contribution in [1.29, 1.82) is 0 Å². The molecule has 2 aromatic heterocycles. The van der Waals surface area contributed by atoms with Crippen molar-refractivity contribution in [2.75, 3.05) is 13.7 Å². The van der Waals surface area contributed by atoms with Gasteiger partial charge in [-0.25, -0.2) is 0 Å². The molecule has 0 N–H and O–H groups in total. The second-order valence-corrected chi connectivity index (χ2v) is 5.98. The summed E-state index contributed by atoms with van der Waals surface area (Å²) in [5, 5.41) is 4.00. The van der Waals surface area contributed by atoms with Crippen molar-refractivity contribution in [1.82, 2.24) is 15.0 Å². The van der Waals surface area contributed by atoms with E-state index in [9.17, 15) is 9.59 Å². The topological polar surface area (TPSA) is 98.7 Å². The minimum Gasteiger partial charge on any atom is -0.490 e. The number of nitrogens with zero attached hydrogens (tertiary/aromatic N) is 3. The lowest BCUT2D eigenvalue weighted by Gasteiger charge is -2.21. The summed E-state index contributed by atoms with van der Waals surface area (Å²) in [6.45, 7) is 4.46. The van der Waals surface area contributed by atoms with Crippen LogP contribution in [0.15, 0.2) is 26.1 Å². The predicted molar refractivity (Wildman–Crippen MR) is 82.9 cm³/mol. The van der Waals surface area contributed by atoms with Crippen molar-refractivity contribution in [3.63, 3.8) is 0 Å². The van der Waals surface area contributed by atoms with Gasteiger partial charge in [0.2, 0.25) is 17.1 Å². The molecule has 1 aliphatic heterocycles. The van der Waals surface area contributed by atoms with E-state index in [0.29, 0.717) is 18.3 Å². The van der Waals surface area contributed by atoms with E-state index >= 15 is 0 Å². The fourth-order valence-corrected chi connectivity index (χ4v) is 2.70. The SMILES string of the molecule is COc1coc(C(=O)N2CCC[C@H]2c2noc(C(C)C)n2)cc1=O. The number of amides is 1. The van der Waals surface area contributed by atoms with Crippen LogP contribution in [0.2, 0.25) is 0 Å². The highest BCUT2D eigenvalue weighted by Crippen LogP contribution is 2.32. The van der Waals surface area contributed by atoms with Crippen molar-refractivity contribution in [3.8, 4) is 5.75 Å². The molecule has 0 spiro atoms. The Bertz CT molecular complexity index is 795. The van der Waals surface area contributed by atoms with Crippen LogP contribution in [0.3, 0.4) is 0 Å². The molecule has 0 aliphatic carbocycles. The van der Waals surface area contributed by atoms with Gasteiger partial charge in [0, 0.05) is 18.5 Å². The summed E-state index contributed by atoms with van der Waals surface area (Å²) in [5.74, 6) is 0.815. The van der Waals surface area contributed by atoms with Gasteiger partial charge in [-0.2, -0.15) is 4.98 Å². The van der Waals surface area contributed by atoms with E-state index < -0.39 is 5.43 Å². The molecule has 24 heavy (non-hydrogen) atoms. The number of aromatic nitrogens is 2. The third kappa shape index (κ3) is 2.91. The smallest absolute Gasteiger partial charge is 0.290 e. The molecule has 3 heterocycles. The minimum absolute atomic E-state index is 0.0275. The first-order valence-corrected chi connectivity index (χ1v) is 7.82. The zero-order valence-electron chi connectivity index (χ0n) is 13.8. The molecule has 0 unspecified atom stereocenters. The summed E-state index contributed by atoms with van der Waals surface area (Å²) >= 11 is 0. The largest absolute Gasteiger partial charge is 0.490 e. The van der Waals surface area contributed by atoms with Crippen LogP contribution in [0.25, 0.3) is 0 Å². The Morgan fingerprint density at radius 3 is 2.88 bits per heavy atom. The van der Waals surface area contributed by atoms with Crippen LogP contribution >= 0.6 is 0 Å². The summed E-state index contributed by atoms with van der Waals surface area (Å²) in [6, 6.07) is 0.868. The maximum atomic E-state index is 12.7. The van der Waals surface area contributed by atoms with Crippen LogP contribution in [0, 0.1) is 0 Å². The zero-order chi connectivity index (χ0) is 17.3. The van der Waals surface area contributed by atoms with Crippen molar-refractivity contribution < 1.29 is 18.5 Å². The van der Waals surface area contributed by atoms with Crippen LogP contribution < -0.4 is 10.2 Å². The van der Waals surface area contributed by atoms with Gasteiger partial charge in [0.15, 0.2) is 11.6 Å². The average Bonchev–Trinajstić information content (AvgIpc) is 3.22. The Morgan fingerprint density at radius 2 is 2.25 bits per heavy atom. The number of hydrogen-bond acceptors (Lipinski definition) is 7. The number of ether oxygens (including phenoxy) is 1. The Kier molecular flexibility index (Phi) is 4.37. The highest BCUT2D eigenvalue weighted by Gasteiger charge is 2.35. The van der Waals surface area contributed by atoms with Crippen LogP contribution in [0.4, 0.5) is 0 Å². The van der Waals surface area contributed by atoms with E-state index in [1.165, 1.54) is 7.11 Å². The van der Waals surface area contributed by atoms with Crippen LogP contribution in [0.5, 0.6) is 5.75 Å². The lowest BCUT2D eigenvalue weighted by molar-refractivity contribution is 0.0692. The molecule has 0 aromatic carbocycles. The van der Waals surface area contributed by atoms with E-state index in [2.05, 4.69) is 10.1 Å². The average molecular weight is 333 g/mol. The monoisotopic (exact) mass is 333 g/mol. The highest BCUT2D eigenvalue weighted by atomic mass is 16.5. The van der Waals surface area contributed by atoms with Crippen LogP contribution in [-0.4, -0.2) is 34.6 Å². The van der Waals surface area contributed by atoms with Gasteiger partial charge in [0.05, 0.1) is 13.2 Å². The molecular weight excluding hydrogens is 314 g/mol. The molecule has 8 nitrogen and oxygen atoms in total. The summed E-state index contributed by atoms with van der Waals surface area (Å²) in [7, 11) is 1.37. The number of carbonyl (C=O) groups excluding carboxylic acids is 1. The molecule has 1 aliphatic rings. The molecule has 1 saturated heterocycles. The van der Waals surface area contributed by atoms with Crippen LogP contribution in [0.1, 0.15) is 60.9 Å². The molecule has 3 rings (SSSR count). The normalized spacial score (nSPS) is 17.5. The summed E-state index contributed by atoms with van der Waals surface area (Å²) in [4.78, 5) is 30.5. The first-order valence-electron chi connectivity index (χ1n) is 7.82. The second kappa shape index (κ2) is 6.46. The molecule has 2 aromatic rings. The Balaban J connectivity index is 1.85. The summed E-state index contributed by atoms with van der Waals surface area (Å²) in [5.41, 5.74) is -0.399. The van der Waals surface area contributed by atoms with E-state index in [4.69, 9.17) is 13.7 Å². The van der Waals surface area contributed by atoms with Gasteiger partial charge in [-0.3, -0.25) is 9.59 Å². The molecule has 0 saturated carbocycles. The molecule has 128 valence electrons. The summed E-state index contributed by atoms with van der Waals surface area (Å²) < 4.78 is 15.3. The molecule has 1 amide bonds. The van der Waals surface area contributed by atoms with Gasteiger partial charge in [0.1, 0.15) is 6.26 Å². The molecule has 1 fully saturated rings. The zero-order valence-corrected chi connectivity index (χ0v) is 13.8. The summed E-state index contributed by atoms with van der Waals surface area (Å²) in [6.07, 6.45) is 2.71. The third-order valence-corrected chi connectivity index (χ3v) is 3.99. The highest BCUT2D eigenvalue weighted by molar-refractivity contribution is 5.91. The first kappa shape index (κ1) is 16.2. The molecule has 1 atom stereocenters. The van der Waals surface area contributed by atoms with Crippen molar-refractivity contribution in [2.45, 2.75) is 38.6 Å². The molecule has 0 radical (unpaired) electrons. The quantitative estimate of drug-likeness (QED) is 0.845. The second-order valence-electron chi connectivity index (χ2n) is 5.98. The maximum absolute atomic E-state index is 12.7. The molecule has 0 bridgehead atoms. The van der Waals surface area contributed by atoms with Crippen molar-refractivity contribution >= 4 is 5.91 Å². The van der Waals surface area contributed by atoms with E-state index in [0.717, 1.165) is 25.2 Å². The number of likely N-dealkylation sites (tertiary alicyclic amines) is 1. The van der Waals surface area contributed by atoms with Gasteiger partial charge >= 0.3 is 0 Å². The van der Waals surface area contributed by atoms with E-state index in [1.54, 1.807) is 4.90 Å². The van der Waals surface area contributed by atoms with Gasteiger partial charge < -0.3 is 18.6 Å². The lowest BCUT2D eigenvalue weighted by Crippen LogP contribution is -2.31. The number of carbonyl (C=O) groups is 1. The lowest BCUT2D eigenvalue weighted by atomic mass is 10.2. The van der Waals surface area contributed by atoms with Gasteiger partial charge in [-0.05, 0) is 12.8 Å².